The summed E-state index contributed by atoms with van der Waals surface area (Å²) in [5.41, 5.74) is 7.87. The Morgan fingerprint density at radius 1 is 0.846 bits per heavy atom. The van der Waals surface area contributed by atoms with Crippen molar-refractivity contribution in [1.82, 2.24) is 0 Å². The maximum atomic E-state index is 2.50. The Morgan fingerprint density at radius 2 is 1.65 bits per heavy atom. The molecule has 0 aliphatic heterocycles. The lowest BCUT2D eigenvalue weighted by Crippen LogP contribution is -2.11. The van der Waals surface area contributed by atoms with Crippen LogP contribution >= 0.6 is 0 Å². The first-order valence-electron chi connectivity index (χ1n) is 10.0. The molecule has 0 saturated heterocycles. The summed E-state index contributed by atoms with van der Waals surface area (Å²) in [6, 6.07) is 22.4. The zero-order valence-electron chi connectivity index (χ0n) is 15.6. The number of hydrogen-bond acceptors (Lipinski definition) is 0. The smallest absolute Gasteiger partial charge is 0.00574 e. The molecule has 0 radical (unpaired) electrons. The van der Waals surface area contributed by atoms with Gasteiger partial charge in [-0.25, -0.2) is 0 Å². The van der Waals surface area contributed by atoms with E-state index in [0.29, 0.717) is 5.41 Å². The van der Waals surface area contributed by atoms with E-state index in [1.54, 1.807) is 5.57 Å². The maximum Gasteiger partial charge on any atom is -0.00574 e. The highest BCUT2D eigenvalue weighted by Crippen LogP contribution is 2.45. The molecule has 5 rings (SSSR count). The second kappa shape index (κ2) is 6.13. The molecular formula is C26H26. The van der Waals surface area contributed by atoms with Crippen molar-refractivity contribution in [1.29, 1.82) is 0 Å². The molecule has 130 valence electrons. The molecule has 1 saturated carbocycles. The monoisotopic (exact) mass is 338 g/mol. The van der Waals surface area contributed by atoms with Crippen LogP contribution in [0.5, 0.6) is 0 Å². The van der Waals surface area contributed by atoms with E-state index < -0.39 is 0 Å². The van der Waals surface area contributed by atoms with Gasteiger partial charge in [0.25, 0.3) is 0 Å². The van der Waals surface area contributed by atoms with Crippen LogP contribution in [0.4, 0.5) is 0 Å². The average Bonchev–Trinajstić information content (AvgIpc) is 3.26. The van der Waals surface area contributed by atoms with Gasteiger partial charge in [-0.15, -0.1) is 0 Å². The minimum atomic E-state index is 0.539. The molecule has 0 atom stereocenters. The van der Waals surface area contributed by atoms with Gasteiger partial charge in [-0.3, -0.25) is 0 Å². The van der Waals surface area contributed by atoms with E-state index in [4.69, 9.17) is 0 Å². The quantitative estimate of drug-likeness (QED) is 0.466. The van der Waals surface area contributed by atoms with Crippen molar-refractivity contribution in [2.24, 2.45) is 5.41 Å². The molecule has 0 bridgehead atoms. The lowest BCUT2D eigenvalue weighted by Gasteiger charge is -2.24. The molecule has 1 fully saturated rings. The fourth-order valence-corrected chi connectivity index (χ4v) is 5.11. The maximum absolute atomic E-state index is 2.50. The molecule has 3 aromatic carbocycles. The van der Waals surface area contributed by atoms with Crippen molar-refractivity contribution in [3.8, 4) is 11.1 Å². The van der Waals surface area contributed by atoms with Gasteiger partial charge in [0.1, 0.15) is 0 Å². The molecule has 0 amide bonds. The van der Waals surface area contributed by atoms with Crippen molar-refractivity contribution < 1.29 is 0 Å². The summed E-state index contributed by atoms with van der Waals surface area (Å²) >= 11 is 0. The van der Waals surface area contributed by atoms with Crippen molar-refractivity contribution in [3.63, 3.8) is 0 Å². The summed E-state index contributed by atoms with van der Waals surface area (Å²) in [7, 11) is 0. The van der Waals surface area contributed by atoms with E-state index in [-0.39, 0.29) is 0 Å². The zero-order chi connectivity index (χ0) is 17.6. The van der Waals surface area contributed by atoms with Gasteiger partial charge in [-0.2, -0.15) is 0 Å². The minimum absolute atomic E-state index is 0.539. The zero-order valence-corrected chi connectivity index (χ0v) is 15.6. The summed E-state index contributed by atoms with van der Waals surface area (Å²) in [6.07, 6.45) is 10.6. The molecule has 0 heterocycles. The van der Waals surface area contributed by atoms with Gasteiger partial charge >= 0.3 is 0 Å². The van der Waals surface area contributed by atoms with Crippen LogP contribution in [0, 0.1) is 5.41 Å². The second-order valence-electron chi connectivity index (χ2n) is 8.61. The Labute approximate surface area is 156 Å². The van der Waals surface area contributed by atoms with Crippen LogP contribution in [-0.4, -0.2) is 0 Å². The van der Waals surface area contributed by atoms with E-state index in [0.717, 1.165) is 6.42 Å². The van der Waals surface area contributed by atoms with Crippen LogP contribution in [0.15, 0.2) is 66.2 Å². The third-order valence-electron chi connectivity index (χ3n) is 6.49. The van der Waals surface area contributed by atoms with Crippen molar-refractivity contribution in [2.75, 3.05) is 0 Å². The van der Waals surface area contributed by atoms with Crippen LogP contribution < -0.4 is 0 Å². The fraction of sp³-hybridized carbons (Fsp3) is 0.308. The van der Waals surface area contributed by atoms with Crippen molar-refractivity contribution in [3.05, 3.63) is 77.4 Å². The van der Waals surface area contributed by atoms with Gasteiger partial charge in [0.05, 0.1) is 0 Å². The van der Waals surface area contributed by atoms with Crippen LogP contribution in [0.25, 0.3) is 28.0 Å². The summed E-state index contributed by atoms with van der Waals surface area (Å²) in [6.45, 7) is 2.49. The SMILES string of the molecule is CC1(CC2=Cc3c(cccc3-c3ccc4ccccc4c3)C2)CCCC1. The van der Waals surface area contributed by atoms with E-state index in [1.807, 2.05) is 0 Å². The first kappa shape index (κ1) is 15.9. The van der Waals surface area contributed by atoms with Gasteiger partial charge in [0.2, 0.25) is 0 Å². The number of hydrogen-bond donors (Lipinski definition) is 0. The predicted molar refractivity (Wildman–Crippen MR) is 112 cm³/mol. The third kappa shape index (κ3) is 2.78. The Morgan fingerprint density at radius 3 is 2.50 bits per heavy atom. The molecule has 0 spiro atoms. The Bertz CT molecular complexity index is 999. The summed E-state index contributed by atoms with van der Waals surface area (Å²) in [4.78, 5) is 0. The average molecular weight is 338 g/mol. The molecule has 0 N–H and O–H groups in total. The van der Waals surface area contributed by atoms with Gasteiger partial charge in [0.15, 0.2) is 0 Å². The van der Waals surface area contributed by atoms with E-state index in [2.05, 4.69) is 73.7 Å². The van der Waals surface area contributed by atoms with Gasteiger partial charge in [0, 0.05) is 0 Å². The van der Waals surface area contributed by atoms with E-state index in [1.165, 1.54) is 65.1 Å². The fourth-order valence-electron chi connectivity index (χ4n) is 5.11. The van der Waals surface area contributed by atoms with E-state index >= 15 is 0 Å². The highest BCUT2D eigenvalue weighted by atomic mass is 14.4. The van der Waals surface area contributed by atoms with Gasteiger partial charge in [-0.1, -0.05) is 86.0 Å². The second-order valence-corrected chi connectivity index (χ2v) is 8.61. The topological polar surface area (TPSA) is 0 Å². The lowest BCUT2D eigenvalue weighted by molar-refractivity contribution is 0.333. The molecule has 0 nitrogen and oxygen atoms in total. The normalized spacial score (nSPS) is 18.1. The molecule has 26 heavy (non-hydrogen) atoms. The largest absolute Gasteiger partial charge is 0.0646 e. The number of benzene rings is 3. The van der Waals surface area contributed by atoms with Gasteiger partial charge < -0.3 is 0 Å². The van der Waals surface area contributed by atoms with Crippen LogP contribution in [-0.2, 0) is 6.42 Å². The summed E-state index contributed by atoms with van der Waals surface area (Å²) in [5, 5.41) is 2.64. The first-order valence-corrected chi connectivity index (χ1v) is 10.0. The van der Waals surface area contributed by atoms with Crippen molar-refractivity contribution >= 4 is 16.8 Å². The number of allylic oxidation sites excluding steroid dienone is 1. The Hall–Kier alpha value is -2.34. The molecule has 0 aromatic heterocycles. The van der Waals surface area contributed by atoms with Gasteiger partial charge in [-0.05, 0) is 70.2 Å². The Kier molecular flexibility index (Phi) is 3.74. The molecular weight excluding hydrogens is 312 g/mol. The lowest BCUT2D eigenvalue weighted by atomic mass is 9.81. The van der Waals surface area contributed by atoms with Crippen LogP contribution in [0.1, 0.15) is 50.2 Å². The molecule has 2 aliphatic rings. The molecule has 0 unspecified atom stereocenters. The Balaban J connectivity index is 1.53. The number of rotatable bonds is 3. The molecule has 3 aromatic rings. The minimum Gasteiger partial charge on any atom is -0.0646 e. The predicted octanol–water partition coefficient (Wildman–Crippen LogP) is 7.42. The van der Waals surface area contributed by atoms with E-state index in [9.17, 15) is 0 Å². The highest BCUT2D eigenvalue weighted by molar-refractivity contribution is 5.90. The molecule has 2 aliphatic carbocycles. The van der Waals surface area contributed by atoms with Crippen LogP contribution in [0.2, 0.25) is 0 Å². The third-order valence-corrected chi connectivity index (χ3v) is 6.49. The summed E-state index contributed by atoms with van der Waals surface area (Å²) < 4.78 is 0. The first-order chi connectivity index (χ1) is 12.7. The molecule has 0 heteroatoms. The summed E-state index contributed by atoms with van der Waals surface area (Å²) in [5.74, 6) is 0. The standard InChI is InChI=1S/C26H26/c1-26(13-4-5-14-26)18-19-15-22-9-6-10-24(25(22)16-19)23-12-11-20-7-2-3-8-21(20)17-23/h2-3,6-12,16-17H,4-5,13-15,18H2,1H3. The van der Waals surface area contributed by atoms with Crippen LogP contribution in [0.3, 0.4) is 0 Å². The highest BCUT2D eigenvalue weighted by Gasteiger charge is 2.30. The number of fused-ring (bicyclic) bond motifs is 2. The van der Waals surface area contributed by atoms with Crippen molar-refractivity contribution in [2.45, 2.75) is 45.4 Å².